The first kappa shape index (κ1) is 14.4. The second-order valence-electron chi connectivity index (χ2n) is 4.92. The molecule has 2 rings (SSSR count). The van der Waals surface area contributed by atoms with Gasteiger partial charge >= 0.3 is 5.97 Å². The lowest BCUT2D eigenvalue weighted by molar-refractivity contribution is -0.137. The van der Waals surface area contributed by atoms with Crippen LogP contribution in [0, 0.1) is 5.95 Å². The lowest BCUT2D eigenvalue weighted by Gasteiger charge is -2.35. The van der Waals surface area contributed by atoms with E-state index in [0.717, 1.165) is 19.3 Å². The Morgan fingerprint density at radius 1 is 1.45 bits per heavy atom. The molecule has 1 amide bonds. The molecule has 1 fully saturated rings. The van der Waals surface area contributed by atoms with Gasteiger partial charge < -0.3 is 10.0 Å². The number of likely N-dealkylation sites (tertiary alicyclic amines) is 1. The van der Waals surface area contributed by atoms with Crippen molar-refractivity contribution in [2.75, 3.05) is 6.54 Å². The molecule has 0 aromatic carbocycles. The van der Waals surface area contributed by atoms with Gasteiger partial charge in [0.2, 0.25) is 5.95 Å². The van der Waals surface area contributed by atoms with Crippen LogP contribution < -0.4 is 0 Å². The fraction of sp³-hybridized carbons (Fsp3) is 0.500. The van der Waals surface area contributed by atoms with E-state index < -0.39 is 17.8 Å². The van der Waals surface area contributed by atoms with Crippen LogP contribution in [-0.2, 0) is 4.79 Å². The number of aromatic nitrogens is 1. The smallest absolute Gasteiger partial charge is 0.303 e. The van der Waals surface area contributed by atoms with E-state index in [0.29, 0.717) is 13.0 Å². The van der Waals surface area contributed by atoms with E-state index in [-0.39, 0.29) is 18.0 Å². The standard InChI is InChI=1S/C14H17FN2O3/c15-13-11(5-3-8-16-13)14(20)17-9-2-1-4-10(17)6-7-12(18)19/h3,5,8,10H,1-2,4,6-7,9H2,(H,18,19). The lowest BCUT2D eigenvalue weighted by atomic mass is 9.97. The molecule has 1 aliphatic heterocycles. The van der Waals surface area contributed by atoms with Gasteiger partial charge in [0.25, 0.3) is 5.91 Å². The summed E-state index contributed by atoms with van der Waals surface area (Å²) in [6, 6.07) is 2.80. The fourth-order valence-corrected chi connectivity index (χ4v) is 2.56. The number of pyridine rings is 1. The molecule has 6 heteroatoms. The predicted molar refractivity (Wildman–Crippen MR) is 69.7 cm³/mol. The number of rotatable bonds is 4. The molecular weight excluding hydrogens is 263 g/mol. The van der Waals surface area contributed by atoms with Crippen LogP contribution in [0.5, 0.6) is 0 Å². The first-order chi connectivity index (χ1) is 9.59. The Bertz CT molecular complexity index is 507. The highest BCUT2D eigenvalue weighted by Gasteiger charge is 2.29. The molecule has 1 N–H and O–H groups in total. The Morgan fingerprint density at radius 2 is 2.25 bits per heavy atom. The number of hydrogen-bond acceptors (Lipinski definition) is 3. The third-order valence-electron chi connectivity index (χ3n) is 3.57. The maximum absolute atomic E-state index is 13.6. The SMILES string of the molecule is O=C(O)CCC1CCCCN1C(=O)c1cccnc1F. The van der Waals surface area contributed by atoms with E-state index in [4.69, 9.17) is 5.11 Å². The molecule has 1 unspecified atom stereocenters. The molecule has 5 nitrogen and oxygen atoms in total. The van der Waals surface area contributed by atoms with Crippen LogP contribution >= 0.6 is 0 Å². The zero-order valence-electron chi connectivity index (χ0n) is 11.1. The van der Waals surface area contributed by atoms with Crippen LogP contribution in [0.15, 0.2) is 18.3 Å². The van der Waals surface area contributed by atoms with Gasteiger partial charge in [-0.25, -0.2) is 4.98 Å². The van der Waals surface area contributed by atoms with Gasteiger partial charge in [-0.15, -0.1) is 0 Å². The van der Waals surface area contributed by atoms with Crippen LogP contribution in [0.25, 0.3) is 0 Å². The molecule has 1 aliphatic rings. The summed E-state index contributed by atoms with van der Waals surface area (Å²) in [5, 5.41) is 8.76. The number of carboxylic acids is 1. The number of aliphatic carboxylic acids is 1. The van der Waals surface area contributed by atoms with Gasteiger partial charge in [0.15, 0.2) is 0 Å². The third-order valence-corrected chi connectivity index (χ3v) is 3.57. The number of carboxylic acid groups (broad SMARTS) is 1. The summed E-state index contributed by atoms with van der Waals surface area (Å²) in [5.41, 5.74) is -0.0466. The van der Waals surface area contributed by atoms with Crippen molar-refractivity contribution in [2.45, 2.75) is 38.1 Å². The van der Waals surface area contributed by atoms with Crippen molar-refractivity contribution in [1.82, 2.24) is 9.88 Å². The molecule has 1 aromatic rings. The van der Waals surface area contributed by atoms with Crippen molar-refractivity contribution in [3.8, 4) is 0 Å². The van der Waals surface area contributed by atoms with Gasteiger partial charge in [-0.1, -0.05) is 0 Å². The van der Waals surface area contributed by atoms with E-state index in [1.807, 2.05) is 0 Å². The van der Waals surface area contributed by atoms with E-state index in [2.05, 4.69) is 4.98 Å². The third kappa shape index (κ3) is 3.31. The van der Waals surface area contributed by atoms with Gasteiger partial charge in [0.1, 0.15) is 0 Å². The highest BCUT2D eigenvalue weighted by molar-refractivity contribution is 5.94. The summed E-state index contributed by atoms with van der Waals surface area (Å²) in [6.07, 6.45) is 4.30. The molecule has 0 radical (unpaired) electrons. The van der Waals surface area contributed by atoms with Crippen LogP contribution in [0.1, 0.15) is 42.5 Å². The second-order valence-corrected chi connectivity index (χ2v) is 4.92. The van der Waals surface area contributed by atoms with Crippen molar-refractivity contribution >= 4 is 11.9 Å². The van der Waals surface area contributed by atoms with Gasteiger partial charge in [0, 0.05) is 25.2 Å². The largest absolute Gasteiger partial charge is 0.481 e. The van der Waals surface area contributed by atoms with Crippen molar-refractivity contribution in [3.63, 3.8) is 0 Å². The summed E-state index contributed by atoms with van der Waals surface area (Å²) in [6.45, 7) is 0.539. The summed E-state index contributed by atoms with van der Waals surface area (Å²) in [4.78, 5) is 28.1. The van der Waals surface area contributed by atoms with Crippen molar-refractivity contribution in [3.05, 3.63) is 29.8 Å². The Balaban J connectivity index is 2.13. The minimum atomic E-state index is -0.879. The highest BCUT2D eigenvalue weighted by Crippen LogP contribution is 2.23. The van der Waals surface area contributed by atoms with Crippen LogP contribution in [-0.4, -0.2) is 39.5 Å². The maximum atomic E-state index is 13.6. The molecule has 0 aliphatic carbocycles. The van der Waals surface area contributed by atoms with Gasteiger partial charge in [-0.2, -0.15) is 4.39 Å². The van der Waals surface area contributed by atoms with Crippen molar-refractivity contribution in [2.24, 2.45) is 0 Å². The van der Waals surface area contributed by atoms with Crippen LogP contribution in [0.4, 0.5) is 4.39 Å². The molecular formula is C14H17FN2O3. The second kappa shape index (κ2) is 6.45. The zero-order chi connectivity index (χ0) is 14.5. The van der Waals surface area contributed by atoms with Crippen LogP contribution in [0.2, 0.25) is 0 Å². The quantitative estimate of drug-likeness (QED) is 0.857. The first-order valence-electron chi connectivity index (χ1n) is 6.73. The Kier molecular flexibility index (Phi) is 4.65. The monoisotopic (exact) mass is 280 g/mol. The summed E-state index contributed by atoms with van der Waals surface area (Å²) >= 11 is 0. The maximum Gasteiger partial charge on any atom is 0.303 e. The van der Waals surface area contributed by atoms with E-state index in [1.54, 1.807) is 4.90 Å². The zero-order valence-corrected chi connectivity index (χ0v) is 11.1. The van der Waals surface area contributed by atoms with E-state index in [1.165, 1.54) is 18.3 Å². The molecule has 1 aromatic heterocycles. The minimum Gasteiger partial charge on any atom is -0.481 e. The Hall–Kier alpha value is -1.98. The molecule has 0 bridgehead atoms. The number of halogens is 1. The summed E-state index contributed by atoms with van der Waals surface area (Å²) < 4.78 is 13.6. The van der Waals surface area contributed by atoms with Crippen molar-refractivity contribution < 1.29 is 19.1 Å². The molecule has 20 heavy (non-hydrogen) atoms. The number of nitrogens with zero attached hydrogens (tertiary/aromatic N) is 2. The Labute approximate surface area is 116 Å². The van der Waals surface area contributed by atoms with Gasteiger partial charge in [-0.3, -0.25) is 9.59 Å². The molecule has 0 saturated carbocycles. The average Bonchev–Trinajstić information content (AvgIpc) is 2.45. The normalized spacial score (nSPS) is 18.9. The van der Waals surface area contributed by atoms with Crippen LogP contribution in [0.3, 0.4) is 0 Å². The van der Waals surface area contributed by atoms with Gasteiger partial charge in [-0.05, 0) is 37.8 Å². The minimum absolute atomic E-state index is 0.0178. The predicted octanol–water partition coefficient (Wildman–Crippen LogP) is 2.08. The molecule has 1 saturated heterocycles. The molecule has 2 heterocycles. The number of carbonyl (C=O) groups excluding carboxylic acids is 1. The van der Waals surface area contributed by atoms with E-state index >= 15 is 0 Å². The molecule has 0 spiro atoms. The average molecular weight is 280 g/mol. The summed E-state index contributed by atoms with van der Waals surface area (Å²) in [7, 11) is 0. The highest BCUT2D eigenvalue weighted by atomic mass is 19.1. The number of hydrogen-bond donors (Lipinski definition) is 1. The first-order valence-corrected chi connectivity index (χ1v) is 6.73. The summed E-state index contributed by atoms with van der Waals surface area (Å²) in [5.74, 6) is -2.05. The fourth-order valence-electron chi connectivity index (χ4n) is 2.56. The van der Waals surface area contributed by atoms with E-state index in [9.17, 15) is 14.0 Å². The lowest BCUT2D eigenvalue weighted by Crippen LogP contribution is -2.44. The number of amides is 1. The van der Waals surface area contributed by atoms with Crippen molar-refractivity contribution in [1.29, 1.82) is 0 Å². The molecule has 108 valence electrons. The number of piperidine rings is 1. The van der Waals surface area contributed by atoms with Gasteiger partial charge in [0.05, 0.1) is 5.56 Å². The topological polar surface area (TPSA) is 70.5 Å². The number of carbonyl (C=O) groups is 2. The molecule has 1 atom stereocenters. The Morgan fingerprint density at radius 3 is 2.95 bits per heavy atom.